The lowest BCUT2D eigenvalue weighted by atomic mass is 9.82. The lowest BCUT2D eigenvalue weighted by molar-refractivity contribution is -0.136. The van der Waals surface area contributed by atoms with Crippen molar-refractivity contribution in [1.82, 2.24) is 5.32 Å². The Balaban J connectivity index is 1.90. The van der Waals surface area contributed by atoms with Gasteiger partial charge in [0, 0.05) is 16.9 Å². The maximum absolute atomic E-state index is 14.6. The molecule has 0 spiro atoms. The number of esters is 1. The number of anilines is 1. The summed E-state index contributed by atoms with van der Waals surface area (Å²) in [6, 6.07) is 13.2. The first kappa shape index (κ1) is 23.0. The normalized spacial score (nSPS) is 15.7. The number of halogens is 2. The zero-order valence-corrected chi connectivity index (χ0v) is 18.1. The molecule has 0 radical (unpaired) electrons. The lowest BCUT2D eigenvalue weighted by Gasteiger charge is -2.29. The molecule has 0 saturated carbocycles. The van der Waals surface area contributed by atoms with Crippen LogP contribution in [0.25, 0.3) is 0 Å². The van der Waals surface area contributed by atoms with Crippen molar-refractivity contribution in [2.75, 3.05) is 18.2 Å². The van der Waals surface area contributed by atoms with Crippen molar-refractivity contribution in [3.63, 3.8) is 0 Å². The molecule has 2 aromatic rings. The number of methoxy groups -OCH3 is 1. The van der Waals surface area contributed by atoms with E-state index in [9.17, 15) is 23.6 Å². The molecule has 164 valence electrons. The van der Waals surface area contributed by atoms with Gasteiger partial charge in [0.2, 0.25) is 5.91 Å². The monoisotopic (exact) mass is 455 g/mol. The van der Waals surface area contributed by atoms with Crippen LogP contribution < -0.4 is 10.6 Å². The number of thioether (sulfide) groups is 1. The predicted molar refractivity (Wildman–Crippen MR) is 117 cm³/mol. The van der Waals surface area contributed by atoms with Gasteiger partial charge in [0.1, 0.15) is 11.6 Å². The second-order valence-electron chi connectivity index (χ2n) is 6.81. The highest BCUT2D eigenvalue weighted by atomic mass is 32.2. The molecule has 32 heavy (non-hydrogen) atoms. The van der Waals surface area contributed by atoms with E-state index in [0.29, 0.717) is 16.4 Å². The highest BCUT2D eigenvalue weighted by molar-refractivity contribution is 8.03. The highest BCUT2D eigenvalue weighted by Crippen LogP contribution is 2.41. The van der Waals surface area contributed by atoms with Gasteiger partial charge in [-0.3, -0.25) is 4.79 Å². The third-order valence-electron chi connectivity index (χ3n) is 4.74. The minimum Gasteiger partial charge on any atom is -0.466 e. The Bertz CT molecular complexity index is 1150. The molecule has 6 nitrogen and oxygen atoms in total. The molecule has 9 heteroatoms. The Hall–Kier alpha value is -3.64. The topological polar surface area (TPSA) is 91.2 Å². The van der Waals surface area contributed by atoms with Crippen molar-refractivity contribution >= 4 is 29.3 Å². The number of allylic oxidation sites excluding steroid dienone is 2. The van der Waals surface area contributed by atoms with Gasteiger partial charge in [-0.1, -0.05) is 30.0 Å². The van der Waals surface area contributed by atoms with Crippen LogP contribution in [0.4, 0.5) is 14.5 Å². The molecule has 1 aliphatic rings. The van der Waals surface area contributed by atoms with Gasteiger partial charge in [-0.25, -0.2) is 13.6 Å². The average Bonchev–Trinajstić information content (AvgIpc) is 2.78. The number of nitrogens with one attached hydrogen (secondary N) is 2. The standard InChI is InChI=1S/C23H19F2N3O3S/c1-13-20(23(30)31-2)21(16-5-3-4-6-18(16)25)17(11-26)22(27-13)32-12-19(29)28-15-9-7-14(24)8-10-15/h3-10,21,27H,12H2,1-2H3,(H,28,29). The third-order valence-corrected chi connectivity index (χ3v) is 5.76. The number of hydrogen-bond acceptors (Lipinski definition) is 6. The molecular weight excluding hydrogens is 436 g/mol. The summed E-state index contributed by atoms with van der Waals surface area (Å²) in [5, 5.41) is 15.8. The van der Waals surface area contributed by atoms with E-state index in [0.717, 1.165) is 11.8 Å². The Morgan fingerprint density at radius 3 is 2.50 bits per heavy atom. The fourth-order valence-corrected chi connectivity index (χ4v) is 4.19. The number of carbonyl (C=O) groups excluding carboxylic acids is 2. The van der Waals surface area contributed by atoms with Gasteiger partial charge in [-0.2, -0.15) is 5.26 Å². The summed E-state index contributed by atoms with van der Waals surface area (Å²) in [6.45, 7) is 1.62. The van der Waals surface area contributed by atoms with Crippen LogP contribution in [0, 0.1) is 23.0 Å². The number of hydrogen-bond donors (Lipinski definition) is 2. The van der Waals surface area contributed by atoms with Crippen molar-refractivity contribution in [2.45, 2.75) is 12.8 Å². The van der Waals surface area contributed by atoms with Crippen LogP contribution in [-0.4, -0.2) is 24.7 Å². The first-order valence-corrected chi connectivity index (χ1v) is 10.5. The van der Waals surface area contributed by atoms with E-state index in [2.05, 4.69) is 16.7 Å². The first-order valence-electron chi connectivity index (χ1n) is 9.48. The van der Waals surface area contributed by atoms with Crippen LogP contribution in [0.2, 0.25) is 0 Å². The van der Waals surface area contributed by atoms with Gasteiger partial charge in [0.05, 0.1) is 41.0 Å². The number of rotatable bonds is 6. The van der Waals surface area contributed by atoms with Gasteiger partial charge in [-0.15, -0.1) is 0 Å². The van der Waals surface area contributed by atoms with E-state index in [4.69, 9.17) is 4.74 Å². The number of carbonyl (C=O) groups is 2. The Morgan fingerprint density at radius 2 is 1.88 bits per heavy atom. The molecular formula is C23H19F2N3O3S. The quantitative estimate of drug-likeness (QED) is 0.635. The Morgan fingerprint density at radius 1 is 1.19 bits per heavy atom. The summed E-state index contributed by atoms with van der Waals surface area (Å²) in [5.41, 5.74) is 1.19. The van der Waals surface area contributed by atoms with Crippen LogP contribution in [-0.2, 0) is 14.3 Å². The molecule has 1 amide bonds. The molecule has 3 rings (SSSR count). The van der Waals surface area contributed by atoms with Crippen molar-refractivity contribution in [2.24, 2.45) is 0 Å². The molecule has 1 heterocycles. The first-order chi connectivity index (χ1) is 15.3. The number of ether oxygens (including phenoxy) is 1. The number of nitriles is 1. The van der Waals surface area contributed by atoms with Gasteiger partial charge in [0.25, 0.3) is 0 Å². The summed E-state index contributed by atoms with van der Waals surface area (Å²) in [6.07, 6.45) is 0. The van der Waals surface area contributed by atoms with Gasteiger partial charge in [0.15, 0.2) is 0 Å². The van der Waals surface area contributed by atoms with Gasteiger partial charge >= 0.3 is 5.97 Å². The molecule has 2 aromatic carbocycles. The van der Waals surface area contributed by atoms with E-state index in [1.807, 2.05) is 0 Å². The molecule has 0 aliphatic carbocycles. The average molecular weight is 455 g/mol. The summed E-state index contributed by atoms with van der Waals surface area (Å²) in [5.74, 6) is -3.12. The molecule has 1 atom stereocenters. The molecule has 1 aliphatic heterocycles. The van der Waals surface area contributed by atoms with Crippen LogP contribution in [0.3, 0.4) is 0 Å². The Kier molecular flexibility index (Phi) is 7.28. The highest BCUT2D eigenvalue weighted by Gasteiger charge is 2.36. The molecule has 0 fully saturated rings. The summed E-state index contributed by atoms with van der Waals surface area (Å²) < 4.78 is 32.5. The van der Waals surface area contributed by atoms with Crippen LogP contribution >= 0.6 is 11.8 Å². The van der Waals surface area contributed by atoms with E-state index in [1.165, 1.54) is 49.6 Å². The second kappa shape index (κ2) is 10.1. The number of dihydropyridines is 1. The Labute approximate surface area is 188 Å². The van der Waals surface area contributed by atoms with Gasteiger partial charge < -0.3 is 15.4 Å². The smallest absolute Gasteiger partial charge is 0.336 e. The van der Waals surface area contributed by atoms with E-state index >= 15 is 0 Å². The van der Waals surface area contributed by atoms with Crippen molar-refractivity contribution in [3.8, 4) is 6.07 Å². The maximum atomic E-state index is 14.6. The lowest BCUT2D eigenvalue weighted by Crippen LogP contribution is -2.29. The maximum Gasteiger partial charge on any atom is 0.336 e. The van der Waals surface area contributed by atoms with E-state index in [1.54, 1.807) is 13.0 Å². The fourth-order valence-electron chi connectivity index (χ4n) is 3.30. The van der Waals surface area contributed by atoms with Gasteiger partial charge in [-0.05, 0) is 37.3 Å². The van der Waals surface area contributed by atoms with Crippen LogP contribution in [0.5, 0.6) is 0 Å². The molecule has 0 saturated heterocycles. The summed E-state index contributed by atoms with van der Waals surface area (Å²) >= 11 is 1.04. The number of benzene rings is 2. The largest absolute Gasteiger partial charge is 0.466 e. The minimum absolute atomic E-state index is 0.0737. The zero-order chi connectivity index (χ0) is 23.3. The SMILES string of the molecule is COC(=O)C1=C(C)NC(SCC(=O)Nc2ccc(F)cc2)=C(C#N)C1c1ccccc1F. The van der Waals surface area contributed by atoms with E-state index < -0.39 is 23.5 Å². The second-order valence-corrected chi connectivity index (χ2v) is 7.79. The van der Waals surface area contributed by atoms with Crippen LogP contribution in [0.15, 0.2) is 70.4 Å². The van der Waals surface area contributed by atoms with Crippen LogP contribution in [0.1, 0.15) is 18.4 Å². The third kappa shape index (κ3) is 4.98. The fraction of sp³-hybridized carbons (Fsp3) is 0.174. The summed E-state index contributed by atoms with van der Waals surface area (Å²) in [4.78, 5) is 24.8. The number of amides is 1. The molecule has 1 unspecified atom stereocenters. The zero-order valence-electron chi connectivity index (χ0n) is 17.2. The molecule has 0 bridgehead atoms. The molecule has 2 N–H and O–H groups in total. The van der Waals surface area contributed by atoms with E-state index in [-0.39, 0.29) is 28.4 Å². The molecule has 0 aromatic heterocycles. The minimum atomic E-state index is -0.988. The predicted octanol–water partition coefficient (Wildman–Crippen LogP) is 4.21. The number of nitrogens with zero attached hydrogens (tertiary/aromatic N) is 1. The van der Waals surface area contributed by atoms with Crippen molar-refractivity contribution in [1.29, 1.82) is 5.26 Å². The summed E-state index contributed by atoms with van der Waals surface area (Å²) in [7, 11) is 1.21. The van der Waals surface area contributed by atoms with Crippen molar-refractivity contribution < 1.29 is 23.1 Å². The van der Waals surface area contributed by atoms with Crippen molar-refractivity contribution in [3.05, 3.63) is 87.6 Å².